The highest BCUT2D eigenvalue weighted by molar-refractivity contribution is 5.86. The van der Waals surface area contributed by atoms with E-state index in [1.165, 1.54) is 24.3 Å². The smallest absolute Gasteiger partial charge is 0.136 e. The Morgan fingerprint density at radius 3 is 2.48 bits per heavy atom. The Bertz CT molecular complexity index is 1190. The van der Waals surface area contributed by atoms with Crippen LogP contribution >= 0.6 is 0 Å². The van der Waals surface area contributed by atoms with Gasteiger partial charge in [0.25, 0.3) is 0 Å². The highest BCUT2D eigenvalue weighted by Gasteiger charge is 2.07. The lowest BCUT2D eigenvalue weighted by Crippen LogP contribution is -2.02. The molecule has 0 atom stereocenters. The average Bonchev–Trinajstić information content (AvgIpc) is 2.73. The van der Waals surface area contributed by atoms with Gasteiger partial charge in [-0.1, -0.05) is 12.1 Å². The number of pyridine rings is 1. The lowest BCUT2D eigenvalue weighted by atomic mass is 10.1. The fraction of sp³-hybridized carbons (Fsp3) is 0. The molecule has 0 aliphatic heterocycles. The van der Waals surface area contributed by atoms with Crippen LogP contribution in [-0.4, -0.2) is 4.98 Å². The van der Waals surface area contributed by atoms with Crippen LogP contribution in [0.2, 0.25) is 0 Å². The zero-order valence-corrected chi connectivity index (χ0v) is 15.3. The summed E-state index contributed by atoms with van der Waals surface area (Å²) in [5.74, 6) is 0.304. The van der Waals surface area contributed by atoms with Gasteiger partial charge in [-0.15, -0.1) is 0 Å². The molecule has 3 aromatic carbocycles. The van der Waals surface area contributed by atoms with Gasteiger partial charge < -0.3 is 15.8 Å². The van der Waals surface area contributed by atoms with E-state index in [2.05, 4.69) is 10.3 Å². The van der Waals surface area contributed by atoms with E-state index >= 15 is 0 Å². The molecular formula is C23H17F2N3O. The minimum atomic E-state index is -0.366. The van der Waals surface area contributed by atoms with Crippen molar-refractivity contribution in [3.05, 3.63) is 102 Å². The van der Waals surface area contributed by atoms with Gasteiger partial charge in [-0.05, 0) is 60.7 Å². The average molecular weight is 389 g/mol. The summed E-state index contributed by atoms with van der Waals surface area (Å²) in [4.78, 5) is 4.57. The van der Waals surface area contributed by atoms with E-state index < -0.39 is 0 Å². The molecule has 4 rings (SSSR count). The number of nitrogens with two attached hydrogens (primary N) is 1. The van der Waals surface area contributed by atoms with Crippen molar-refractivity contribution in [2.75, 3.05) is 5.32 Å². The quantitative estimate of drug-likeness (QED) is 0.461. The number of hydrogen-bond acceptors (Lipinski definition) is 4. The minimum absolute atomic E-state index is 0.306. The Labute approximate surface area is 166 Å². The first-order valence-corrected chi connectivity index (χ1v) is 8.90. The van der Waals surface area contributed by atoms with Crippen LogP contribution in [0.4, 0.5) is 14.5 Å². The molecule has 29 heavy (non-hydrogen) atoms. The number of halogens is 2. The maximum absolute atomic E-state index is 13.4. The molecule has 0 unspecified atom stereocenters. The van der Waals surface area contributed by atoms with Crippen molar-refractivity contribution in [3.63, 3.8) is 0 Å². The molecule has 0 bridgehead atoms. The number of ether oxygens (including phenoxy) is 1. The Kier molecular flexibility index (Phi) is 5.07. The van der Waals surface area contributed by atoms with Gasteiger partial charge in [-0.2, -0.15) is 0 Å². The Hall–Kier alpha value is -3.93. The number of nitrogens with one attached hydrogen (secondary N) is 1. The van der Waals surface area contributed by atoms with Crippen LogP contribution in [0.1, 0.15) is 5.69 Å². The number of rotatable bonds is 5. The maximum atomic E-state index is 13.4. The molecule has 1 heterocycles. The lowest BCUT2D eigenvalue weighted by Gasteiger charge is -2.10. The highest BCUT2D eigenvalue weighted by Crippen LogP contribution is 2.30. The van der Waals surface area contributed by atoms with Crippen molar-refractivity contribution in [2.24, 2.45) is 5.73 Å². The van der Waals surface area contributed by atoms with Crippen LogP contribution in [0.25, 0.3) is 16.6 Å². The van der Waals surface area contributed by atoms with Gasteiger partial charge in [0.15, 0.2) is 0 Å². The van der Waals surface area contributed by atoms with E-state index in [4.69, 9.17) is 10.5 Å². The van der Waals surface area contributed by atoms with Gasteiger partial charge in [0.05, 0.1) is 16.9 Å². The Morgan fingerprint density at radius 1 is 0.897 bits per heavy atom. The van der Waals surface area contributed by atoms with E-state index in [9.17, 15) is 8.78 Å². The summed E-state index contributed by atoms with van der Waals surface area (Å²) in [6, 6.07) is 21.0. The van der Waals surface area contributed by atoms with Crippen LogP contribution in [0.15, 0.2) is 85.1 Å². The maximum Gasteiger partial charge on any atom is 0.136 e. The van der Waals surface area contributed by atoms with E-state index in [0.717, 1.165) is 5.39 Å². The summed E-state index contributed by atoms with van der Waals surface area (Å²) in [5, 5.41) is 3.79. The van der Waals surface area contributed by atoms with Crippen LogP contribution in [0.5, 0.6) is 11.5 Å². The normalized spacial score (nSPS) is 11.4. The molecule has 0 radical (unpaired) electrons. The van der Waals surface area contributed by atoms with Crippen molar-refractivity contribution in [2.45, 2.75) is 0 Å². The number of benzene rings is 3. The zero-order valence-electron chi connectivity index (χ0n) is 15.3. The summed E-state index contributed by atoms with van der Waals surface area (Å²) >= 11 is 0. The topological polar surface area (TPSA) is 60.2 Å². The molecule has 0 fully saturated rings. The molecule has 0 spiro atoms. The first-order valence-electron chi connectivity index (χ1n) is 8.90. The molecule has 4 nitrogen and oxygen atoms in total. The summed E-state index contributed by atoms with van der Waals surface area (Å²) in [6.45, 7) is 0. The van der Waals surface area contributed by atoms with E-state index in [1.54, 1.807) is 42.6 Å². The van der Waals surface area contributed by atoms with Crippen molar-refractivity contribution in [3.8, 4) is 11.5 Å². The summed E-state index contributed by atoms with van der Waals surface area (Å²) in [5.41, 5.74) is 8.53. The molecule has 6 heteroatoms. The standard InChI is InChI=1S/C23H17F2N3O/c24-15-7-9-17(10-8-15)27-14-20(26)22-12-11-19-21(28-22)5-2-6-23(19)29-18-4-1-3-16(25)13-18/h1-14,27H,26H2/b20-14-. The van der Waals surface area contributed by atoms with Gasteiger partial charge in [0, 0.05) is 23.3 Å². The highest BCUT2D eigenvalue weighted by atomic mass is 19.1. The second-order valence-electron chi connectivity index (χ2n) is 6.33. The third kappa shape index (κ3) is 4.32. The molecule has 1 aromatic heterocycles. The van der Waals surface area contributed by atoms with Crippen molar-refractivity contribution >= 4 is 22.3 Å². The van der Waals surface area contributed by atoms with Gasteiger partial charge >= 0.3 is 0 Å². The molecule has 0 aliphatic rings. The van der Waals surface area contributed by atoms with Crippen molar-refractivity contribution < 1.29 is 13.5 Å². The number of nitrogens with zero attached hydrogens (tertiary/aromatic N) is 1. The van der Waals surface area contributed by atoms with Crippen LogP contribution in [0.3, 0.4) is 0 Å². The van der Waals surface area contributed by atoms with Crippen LogP contribution in [0, 0.1) is 11.6 Å². The van der Waals surface area contributed by atoms with E-state index in [0.29, 0.717) is 34.1 Å². The van der Waals surface area contributed by atoms with Gasteiger partial charge in [-0.3, -0.25) is 0 Å². The second kappa shape index (κ2) is 7.98. The molecule has 4 aromatic rings. The lowest BCUT2D eigenvalue weighted by molar-refractivity contribution is 0.482. The summed E-state index contributed by atoms with van der Waals surface area (Å²) in [7, 11) is 0. The monoisotopic (exact) mass is 389 g/mol. The number of anilines is 1. The minimum Gasteiger partial charge on any atom is -0.457 e. The predicted octanol–water partition coefficient (Wildman–Crippen LogP) is 5.67. The first-order chi connectivity index (χ1) is 14.1. The fourth-order valence-corrected chi connectivity index (χ4v) is 2.82. The first kappa shape index (κ1) is 18.4. The predicted molar refractivity (Wildman–Crippen MR) is 110 cm³/mol. The second-order valence-corrected chi connectivity index (χ2v) is 6.33. The molecular weight excluding hydrogens is 372 g/mol. The molecule has 0 saturated heterocycles. The number of hydrogen-bond donors (Lipinski definition) is 2. The Balaban J connectivity index is 1.59. The van der Waals surface area contributed by atoms with Crippen molar-refractivity contribution in [1.29, 1.82) is 0 Å². The summed E-state index contributed by atoms with van der Waals surface area (Å²) < 4.78 is 32.2. The fourth-order valence-electron chi connectivity index (χ4n) is 2.82. The SMILES string of the molecule is N/C(=C\Nc1ccc(F)cc1)c1ccc2c(Oc3cccc(F)c3)cccc2n1. The van der Waals surface area contributed by atoms with Gasteiger partial charge in [0.1, 0.15) is 23.1 Å². The van der Waals surface area contributed by atoms with E-state index in [-0.39, 0.29) is 11.6 Å². The summed E-state index contributed by atoms with van der Waals surface area (Å²) in [6.07, 6.45) is 1.61. The molecule has 0 aliphatic carbocycles. The number of aromatic nitrogens is 1. The largest absolute Gasteiger partial charge is 0.457 e. The Morgan fingerprint density at radius 2 is 1.69 bits per heavy atom. The number of fused-ring (bicyclic) bond motifs is 1. The van der Waals surface area contributed by atoms with Gasteiger partial charge in [-0.25, -0.2) is 13.8 Å². The van der Waals surface area contributed by atoms with Crippen LogP contribution in [-0.2, 0) is 0 Å². The van der Waals surface area contributed by atoms with Gasteiger partial charge in [0.2, 0.25) is 0 Å². The molecule has 0 saturated carbocycles. The zero-order chi connectivity index (χ0) is 20.2. The molecule has 144 valence electrons. The van der Waals surface area contributed by atoms with Crippen LogP contribution < -0.4 is 15.8 Å². The molecule has 0 amide bonds. The molecule has 3 N–H and O–H groups in total. The third-order valence-electron chi connectivity index (χ3n) is 4.25. The van der Waals surface area contributed by atoms with Crippen molar-refractivity contribution in [1.82, 2.24) is 4.98 Å². The van der Waals surface area contributed by atoms with E-state index in [1.807, 2.05) is 18.2 Å². The third-order valence-corrected chi connectivity index (χ3v) is 4.25.